The number of para-hydroxylation sites is 1. The van der Waals surface area contributed by atoms with Gasteiger partial charge in [-0.1, -0.05) is 40.2 Å². The van der Waals surface area contributed by atoms with Crippen LogP contribution in [0.15, 0.2) is 46.9 Å². The molecule has 2 aromatic carbocycles. The molecule has 2 rings (SSSR count). The van der Waals surface area contributed by atoms with Crippen molar-refractivity contribution in [2.24, 2.45) is 0 Å². The summed E-state index contributed by atoms with van der Waals surface area (Å²) in [7, 11) is 1.68. The third-order valence-corrected chi connectivity index (χ3v) is 3.65. The fraction of sp³-hybridized carbons (Fsp3) is 0.294. The zero-order valence-corrected chi connectivity index (χ0v) is 13.9. The second-order valence-corrected chi connectivity index (χ2v) is 5.53. The standard InChI is InChI=1S/C17H20BrNO2/c1-3-21-16-6-4-5-14(17(16)20-2)12-19-11-13-7-9-15(18)10-8-13/h4-10,19H,3,11-12H2,1-2H3. The second kappa shape index (κ2) is 8.05. The predicted molar refractivity (Wildman–Crippen MR) is 88.8 cm³/mol. The fourth-order valence-corrected chi connectivity index (χ4v) is 2.41. The lowest BCUT2D eigenvalue weighted by Gasteiger charge is -2.14. The van der Waals surface area contributed by atoms with Gasteiger partial charge in [0.25, 0.3) is 0 Å². The lowest BCUT2D eigenvalue weighted by molar-refractivity contribution is 0.308. The van der Waals surface area contributed by atoms with E-state index in [4.69, 9.17) is 9.47 Å². The van der Waals surface area contributed by atoms with Crippen LogP contribution in [0.5, 0.6) is 11.5 Å². The van der Waals surface area contributed by atoms with E-state index in [1.54, 1.807) is 7.11 Å². The van der Waals surface area contributed by atoms with Crippen molar-refractivity contribution >= 4 is 15.9 Å². The first kappa shape index (κ1) is 15.9. The van der Waals surface area contributed by atoms with E-state index < -0.39 is 0 Å². The topological polar surface area (TPSA) is 30.5 Å². The maximum absolute atomic E-state index is 5.59. The van der Waals surface area contributed by atoms with Crippen molar-refractivity contribution in [3.05, 3.63) is 58.1 Å². The van der Waals surface area contributed by atoms with E-state index in [1.807, 2.05) is 31.2 Å². The monoisotopic (exact) mass is 349 g/mol. The number of hydrogen-bond acceptors (Lipinski definition) is 3. The number of halogens is 1. The van der Waals surface area contributed by atoms with Gasteiger partial charge in [0, 0.05) is 23.1 Å². The molecule has 0 radical (unpaired) electrons. The summed E-state index contributed by atoms with van der Waals surface area (Å²) in [4.78, 5) is 0. The van der Waals surface area contributed by atoms with Crippen LogP contribution in [0.1, 0.15) is 18.1 Å². The first-order chi connectivity index (χ1) is 10.2. The molecular formula is C17H20BrNO2. The molecule has 0 spiro atoms. The highest BCUT2D eigenvalue weighted by molar-refractivity contribution is 9.10. The van der Waals surface area contributed by atoms with Gasteiger partial charge in [-0.2, -0.15) is 0 Å². The van der Waals surface area contributed by atoms with Gasteiger partial charge in [0.2, 0.25) is 0 Å². The normalized spacial score (nSPS) is 10.4. The summed E-state index contributed by atoms with van der Waals surface area (Å²) in [5.41, 5.74) is 2.35. The molecule has 21 heavy (non-hydrogen) atoms. The van der Waals surface area contributed by atoms with Crippen LogP contribution in [0.2, 0.25) is 0 Å². The molecule has 0 heterocycles. The highest BCUT2D eigenvalue weighted by Gasteiger charge is 2.09. The maximum Gasteiger partial charge on any atom is 0.165 e. The summed E-state index contributed by atoms with van der Waals surface area (Å²) in [6.07, 6.45) is 0. The van der Waals surface area contributed by atoms with Crippen molar-refractivity contribution in [3.8, 4) is 11.5 Å². The predicted octanol–water partition coefficient (Wildman–Crippen LogP) is 4.15. The van der Waals surface area contributed by atoms with Crippen molar-refractivity contribution in [1.29, 1.82) is 0 Å². The average molecular weight is 350 g/mol. The maximum atomic E-state index is 5.59. The van der Waals surface area contributed by atoms with E-state index in [0.717, 1.165) is 34.6 Å². The number of benzene rings is 2. The molecule has 0 saturated heterocycles. The Balaban J connectivity index is 1.99. The highest BCUT2D eigenvalue weighted by Crippen LogP contribution is 2.30. The minimum atomic E-state index is 0.631. The Hall–Kier alpha value is -1.52. The van der Waals surface area contributed by atoms with Gasteiger partial charge in [0.15, 0.2) is 11.5 Å². The molecule has 0 aliphatic heterocycles. The molecule has 2 aromatic rings. The van der Waals surface area contributed by atoms with Crippen molar-refractivity contribution in [1.82, 2.24) is 5.32 Å². The van der Waals surface area contributed by atoms with Gasteiger partial charge < -0.3 is 14.8 Å². The number of ether oxygens (including phenoxy) is 2. The molecule has 0 unspecified atom stereocenters. The van der Waals surface area contributed by atoms with E-state index in [9.17, 15) is 0 Å². The zero-order chi connectivity index (χ0) is 15.1. The Morgan fingerprint density at radius 1 is 1.05 bits per heavy atom. The molecule has 0 bridgehead atoms. The van der Waals surface area contributed by atoms with Crippen LogP contribution in [0.4, 0.5) is 0 Å². The summed E-state index contributed by atoms with van der Waals surface area (Å²) in [5, 5.41) is 3.43. The average Bonchev–Trinajstić information content (AvgIpc) is 2.50. The SMILES string of the molecule is CCOc1cccc(CNCc2ccc(Br)cc2)c1OC. The van der Waals surface area contributed by atoms with Crippen LogP contribution in [0.3, 0.4) is 0 Å². The molecule has 3 nitrogen and oxygen atoms in total. The van der Waals surface area contributed by atoms with Gasteiger partial charge in [-0.15, -0.1) is 0 Å². The van der Waals surface area contributed by atoms with E-state index in [2.05, 4.69) is 39.4 Å². The largest absolute Gasteiger partial charge is 0.493 e. The molecule has 0 aliphatic carbocycles. The first-order valence-corrected chi connectivity index (χ1v) is 7.77. The molecule has 0 amide bonds. The van der Waals surface area contributed by atoms with Crippen LogP contribution in [0.25, 0.3) is 0 Å². The highest BCUT2D eigenvalue weighted by atomic mass is 79.9. The smallest absolute Gasteiger partial charge is 0.165 e. The number of rotatable bonds is 7. The van der Waals surface area contributed by atoms with Crippen LogP contribution in [-0.2, 0) is 13.1 Å². The second-order valence-electron chi connectivity index (χ2n) is 4.61. The fourth-order valence-electron chi connectivity index (χ4n) is 2.15. The zero-order valence-electron chi connectivity index (χ0n) is 12.4. The van der Waals surface area contributed by atoms with Crippen molar-refractivity contribution in [3.63, 3.8) is 0 Å². The quantitative estimate of drug-likeness (QED) is 0.814. The van der Waals surface area contributed by atoms with Crippen molar-refractivity contribution < 1.29 is 9.47 Å². The third kappa shape index (κ3) is 4.48. The molecular weight excluding hydrogens is 330 g/mol. The Morgan fingerprint density at radius 2 is 1.81 bits per heavy atom. The van der Waals surface area contributed by atoms with Gasteiger partial charge in [0.05, 0.1) is 13.7 Å². The minimum Gasteiger partial charge on any atom is -0.493 e. The van der Waals surface area contributed by atoms with E-state index in [0.29, 0.717) is 6.61 Å². The van der Waals surface area contributed by atoms with Gasteiger partial charge >= 0.3 is 0 Å². The summed E-state index contributed by atoms with van der Waals surface area (Å²) < 4.78 is 12.2. The van der Waals surface area contributed by atoms with Crippen LogP contribution in [-0.4, -0.2) is 13.7 Å². The lowest BCUT2D eigenvalue weighted by Crippen LogP contribution is -2.13. The Morgan fingerprint density at radius 3 is 2.48 bits per heavy atom. The van der Waals surface area contributed by atoms with Gasteiger partial charge in [-0.3, -0.25) is 0 Å². The Labute approximate surface area is 134 Å². The molecule has 0 atom stereocenters. The Bertz CT molecular complexity index is 570. The van der Waals surface area contributed by atoms with Crippen LogP contribution >= 0.6 is 15.9 Å². The van der Waals surface area contributed by atoms with Gasteiger partial charge in [0.1, 0.15) is 0 Å². The minimum absolute atomic E-state index is 0.631. The molecule has 1 N–H and O–H groups in total. The number of nitrogens with one attached hydrogen (secondary N) is 1. The van der Waals surface area contributed by atoms with Crippen molar-refractivity contribution in [2.45, 2.75) is 20.0 Å². The van der Waals surface area contributed by atoms with Crippen LogP contribution < -0.4 is 14.8 Å². The summed E-state index contributed by atoms with van der Waals surface area (Å²) >= 11 is 3.44. The molecule has 0 saturated carbocycles. The molecule has 0 fully saturated rings. The van der Waals surface area contributed by atoms with E-state index in [1.165, 1.54) is 5.56 Å². The number of hydrogen-bond donors (Lipinski definition) is 1. The molecule has 4 heteroatoms. The molecule has 0 aromatic heterocycles. The van der Waals surface area contributed by atoms with Crippen molar-refractivity contribution in [2.75, 3.05) is 13.7 Å². The molecule has 0 aliphatic rings. The van der Waals surface area contributed by atoms with E-state index >= 15 is 0 Å². The third-order valence-electron chi connectivity index (χ3n) is 3.12. The van der Waals surface area contributed by atoms with Crippen LogP contribution in [0, 0.1) is 0 Å². The summed E-state index contributed by atoms with van der Waals surface area (Å²) in [6.45, 7) is 4.15. The summed E-state index contributed by atoms with van der Waals surface area (Å²) in [5.74, 6) is 1.60. The molecule has 112 valence electrons. The Kier molecular flexibility index (Phi) is 6.08. The summed E-state index contributed by atoms with van der Waals surface area (Å²) in [6, 6.07) is 14.3. The lowest BCUT2D eigenvalue weighted by atomic mass is 10.1. The van der Waals surface area contributed by atoms with E-state index in [-0.39, 0.29) is 0 Å². The van der Waals surface area contributed by atoms with Gasteiger partial charge in [-0.25, -0.2) is 0 Å². The van der Waals surface area contributed by atoms with Gasteiger partial charge in [-0.05, 0) is 30.7 Å². The number of methoxy groups -OCH3 is 1. The first-order valence-electron chi connectivity index (χ1n) is 6.98.